The van der Waals surface area contributed by atoms with Gasteiger partial charge in [-0.15, -0.1) is 0 Å². The number of carbonyl (C=O) groups is 1. The maximum absolute atomic E-state index is 12.5. The highest BCUT2D eigenvalue weighted by atomic mass is 16.2. The number of hydrogen-bond acceptors (Lipinski definition) is 3. The van der Waals surface area contributed by atoms with Crippen LogP contribution in [0.4, 0.5) is 0 Å². The van der Waals surface area contributed by atoms with Crippen LogP contribution in [-0.4, -0.2) is 34.4 Å². The zero-order valence-electron chi connectivity index (χ0n) is 11.3. The molecule has 1 aliphatic heterocycles. The number of likely N-dealkylation sites (tertiary alicyclic amines) is 1. The van der Waals surface area contributed by atoms with E-state index >= 15 is 0 Å². The molecule has 0 bridgehead atoms. The van der Waals surface area contributed by atoms with Crippen molar-refractivity contribution < 1.29 is 4.79 Å². The van der Waals surface area contributed by atoms with Gasteiger partial charge in [0.05, 0.1) is 11.3 Å². The number of aryl methyl sites for hydroxylation is 2. The SMILES string of the molecule is Cc1ccc(C(=O)N2CCC(N)CC2C)c(C)n1. The molecule has 1 fully saturated rings. The minimum absolute atomic E-state index is 0.0828. The number of carbonyl (C=O) groups excluding carboxylic acids is 1. The Balaban J connectivity index is 2.20. The first-order chi connectivity index (χ1) is 8.49. The Kier molecular flexibility index (Phi) is 3.66. The van der Waals surface area contributed by atoms with E-state index in [9.17, 15) is 4.79 Å². The second kappa shape index (κ2) is 5.06. The van der Waals surface area contributed by atoms with Crippen LogP contribution in [0.1, 0.15) is 41.5 Å². The molecule has 1 saturated heterocycles. The van der Waals surface area contributed by atoms with Gasteiger partial charge in [0.2, 0.25) is 0 Å². The van der Waals surface area contributed by atoms with Gasteiger partial charge >= 0.3 is 0 Å². The van der Waals surface area contributed by atoms with E-state index in [2.05, 4.69) is 11.9 Å². The van der Waals surface area contributed by atoms with Gasteiger partial charge in [-0.05, 0) is 45.7 Å². The summed E-state index contributed by atoms with van der Waals surface area (Å²) in [5.74, 6) is 0.0828. The average Bonchev–Trinajstić information content (AvgIpc) is 2.28. The Morgan fingerprint density at radius 1 is 1.44 bits per heavy atom. The number of amides is 1. The molecular weight excluding hydrogens is 226 g/mol. The minimum atomic E-state index is 0.0828. The van der Waals surface area contributed by atoms with E-state index in [1.54, 1.807) is 0 Å². The molecule has 0 saturated carbocycles. The van der Waals surface area contributed by atoms with Crippen molar-refractivity contribution in [3.63, 3.8) is 0 Å². The lowest BCUT2D eigenvalue weighted by molar-refractivity contribution is 0.0618. The fourth-order valence-electron chi connectivity index (χ4n) is 2.58. The summed E-state index contributed by atoms with van der Waals surface area (Å²) >= 11 is 0. The van der Waals surface area contributed by atoms with Gasteiger partial charge in [-0.1, -0.05) is 0 Å². The number of pyridine rings is 1. The third-order valence-corrected chi connectivity index (χ3v) is 3.63. The number of piperidine rings is 1. The second-order valence-corrected chi connectivity index (χ2v) is 5.22. The number of rotatable bonds is 1. The number of nitrogens with zero attached hydrogens (tertiary/aromatic N) is 2. The van der Waals surface area contributed by atoms with E-state index in [-0.39, 0.29) is 18.0 Å². The maximum Gasteiger partial charge on any atom is 0.255 e. The Morgan fingerprint density at radius 2 is 2.17 bits per heavy atom. The van der Waals surface area contributed by atoms with Crippen LogP contribution in [0.2, 0.25) is 0 Å². The topological polar surface area (TPSA) is 59.2 Å². The van der Waals surface area contributed by atoms with E-state index in [1.807, 2.05) is 30.9 Å². The van der Waals surface area contributed by atoms with Crippen LogP contribution in [0.25, 0.3) is 0 Å². The molecule has 2 atom stereocenters. The van der Waals surface area contributed by atoms with Crippen molar-refractivity contribution in [1.29, 1.82) is 0 Å². The molecule has 2 heterocycles. The minimum Gasteiger partial charge on any atom is -0.336 e. The van der Waals surface area contributed by atoms with E-state index in [4.69, 9.17) is 5.73 Å². The summed E-state index contributed by atoms with van der Waals surface area (Å²) in [7, 11) is 0. The molecule has 0 aromatic carbocycles. The van der Waals surface area contributed by atoms with Crippen molar-refractivity contribution in [1.82, 2.24) is 9.88 Å². The van der Waals surface area contributed by atoms with Crippen molar-refractivity contribution in [3.05, 3.63) is 29.1 Å². The standard InChI is InChI=1S/C14H21N3O/c1-9-4-5-13(11(3)16-9)14(18)17-7-6-12(15)8-10(17)2/h4-5,10,12H,6-8,15H2,1-3H3. The summed E-state index contributed by atoms with van der Waals surface area (Å²) in [6, 6.07) is 4.20. The lowest BCUT2D eigenvalue weighted by atomic mass is 9.98. The Labute approximate surface area is 108 Å². The molecule has 4 nitrogen and oxygen atoms in total. The van der Waals surface area contributed by atoms with Crippen molar-refractivity contribution in [3.8, 4) is 0 Å². The van der Waals surface area contributed by atoms with Crippen molar-refractivity contribution in [2.75, 3.05) is 6.54 Å². The Hall–Kier alpha value is -1.42. The van der Waals surface area contributed by atoms with Gasteiger partial charge in [0.25, 0.3) is 5.91 Å². The van der Waals surface area contributed by atoms with Gasteiger partial charge < -0.3 is 10.6 Å². The monoisotopic (exact) mass is 247 g/mol. The molecule has 2 N–H and O–H groups in total. The summed E-state index contributed by atoms with van der Waals surface area (Å²) < 4.78 is 0. The molecule has 1 aromatic heterocycles. The molecule has 98 valence electrons. The smallest absolute Gasteiger partial charge is 0.255 e. The van der Waals surface area contributed by atoms with Crippen LogP contribution in [-0.2, 0) is 0 Å². The highest BCUT2D eigenvalue weighted by Crippen LogP contribution is 2.20. The van der Waals surface area contributed by atoms with Gasteiger partial charge in [0.15, 0.2) is 0 Å². The van der Waals surface area contributed by atoms with Crippen LogP contribution in [0.15, 0.2) is 12.1 Å². The zero-order chi connectivity index (χ0) is 13.3. The lowest BCUT2D eigenvalue weighted by Crippen LogP contribution is -2.48. The fourth-order valence-corrected chi connectivity index (χ4v) is 2.58. The Morgan fingerprint density at radius 3 is 2.78 bits per heavy atom. The van der Waals surface area contributed by atoms with E-state index in [0.717, 1.165) is 30.8 Å². The molecule has 0 spiro atoms. The normalized spacial score (nSPS) is 24.1. The van der Waals surface area contributed by atoms with Crippen molar-refractivity contribution in [2.24, 2.45) is 5.73 Å². The van der Waals surface area contributed by atoms with E-state index in [0.29, 0.717) is 5.56 Å². The fraction of sp³-hybridized carbons (Fsp3) is 0.571. The number of hydrogen-bond donors (Lipinski definition) is 1. The molecular formula is C14H21N3O. The molecule has 0 radical (unpaired) electrons. The zero-order valence-corrected chi connectivity index (χ0v) is 11.3. The summed E-state index contributed by atoms with van der Waals surface area (Å²) in [4.78, 5) is 18.8. The molecule has 2 rings (SSSR count). The highest BCUT2D eigenvalue weighted by molar-refractivity contribution is 5.95. The highest BCUT2D eigenvalue weighted by Gasteiger charge is 2.28. The lowest BCUT2D eigenvalue weighted by Gasteiger charge is -2.36. The molecule has 1 aromatic rings. The first kappa shape index (κ1) is 13.0. The molecule has 1 amide bonds. The molecule has 4 heteroatoms. The Bertz CT molecular complexity index is 458. The van der Waals surface area contributed by atoms with Gasteiger partial charge in [-0.2, -0.15) is 0 Å². The van der Waals surface area contributed by atoms with Crippen molar-refractivity contribution >= 4 is 5.91 Å². The molecule has 0 aliphatic carbocycles. The average molecular weight is 247 g/mol. The molecule has 18 heavy (non-hydrogen) atoms. The largest absolute Gasteiger partial charge is 0.336 e. The first-order valence-electron chi connectivity index (χ1n) is 6.50. The van der Waals surface area contributed by atoms with Gasteiger partial charge in [0, 0.05) is 24.3 Å². The van der Waals surface area contributed by atoms with Crippen molar-refractivity contribution in [2.45, 2.75) is 45.7 Å². The van der Waals surface area contributed by atoms with Gasteiger partial charge in [0.1, 0.15) is 0 Å². The third-order valence-electron chi connectivity index (χ3n) is 3.63. The van der Waals surface area contributed by atoms with E-state index < -0.39 is 0 Å². The van der Waals surface area contributed by atoms with E-state index in [1.165, 1.54) is 0 Å². The summed E-state index contributed by atoms with van der Waals surface area (Å²) in [5, 5.41) is 0. The first-order valence-corrected chi connectivity index (χ1v) is 6.50. The van der Waals surface area contributed by atoms with Crippen LogP contribution in [0, 0.1) is 13.8 Å². The van der Waals surface area contributed by atoms with Crippen LogP contribution < -0.4 is 5.73 Å². The number of aromatic nitrogens is 1. The van der Waals surface area contributed by atoms with Crippen LogP contribution in [0.3, 0.4) is 0 Å². The quantitative estimate of drug-likeness (QED) is 0.821. The third kappa shape index (κ3) is 2.53. The summed E-state index contributed by atoms with van der Waals surface area (Å²) in [6.45, 7) is 6.63. The maximum atomic E-state index is 12.5. The summed E-state index contributed by atoms with van der Waals surface area (Å²) in [6.07, 6.45) is 1.76. The molecule has 2 unspecified atom stereocenters. The molecule has 1 aliphatic rings. The predicted molar refractivity (Wildman–Crippen MR) is 71.4 cm³/mol. The second-order valence-electron chi connectivity index (χ2n) is 5.22. The van der Waals surface area contributed by atoms with Gasteiger partial charge in [-0.25, -0.2) is 0 Å². The van der Waals surface area contributed by atoms with Crippen LogP contribution >= 0.6 is 0 Å². The summed E-state index contributed by atoms with van der Waals surface area (Å²) in [5.41, 5.74) is 8.39. The van der Waals surface area contributed by atoms with Gasteiger partial charge in [-0.3, -0.25) is 9.78 Å². The number of nitrogens with two attached hydrogens (primary N) is 1. The van der Waals surface area contributed by atoms with Crippen LogP contribution in [0.5, 0.6) is 0 Å². The predicted octanol–water partition coefficient (Wildman–Crippen LogP) is 1.65.